The van der Waals surface area contributed by atoms with E-state index in [0.717, 1.165) is 24.4 Å². The predicted octanol–water partition coefficient (Wildman–Crippen LogP) is 3.35. The molecule has 7 nitrogen and oxygen atoms in total. The van der Waals surface area contributed by atoms with Gasteiger partial charge in [0.1, 0.15) is 40.2 Å². The van der Waals surface area contributed by atoms with Crippen LogP contribution in [0.15, 0.2) is 29.1 Å². The predicted molar refractivity (Wildman–Crippen MR) is 110 cm³/mol. The summed E-state index contributed by atoms with van der Waals surface area (Å²) in [6.07, 6.45) is 1.73. The second kappa shape index (κ2) is 8.24. The molecule has 0 atom stereocenters. The number of hydrogen-bond acceptors (Lipinski definition) is 7. The maximum Gasteiger partial charge on any atom is 0.348 e. The topological polar surface area (TPSA) is 79.7 Å². The average Bonchev–Trinajstić information content (AvgIpc) is 3.32. The third-order valence-electron chi connectivity index (χ3n) is 4.82. The van der Waals surface area contributed by atoms with Crippen LogP contribution >= 0.6 is 11.3 Å². The Morgan fingerprint density at radius 2 is 1.90 bits per heavy atom. The van der Waals surface area contributed by atoms with E-state index in [-0.39, 0.29) is 18.8 Å². The van der Waals surface area contributed by atoms with Gasteiger partial charge in [0.25, 0.3) is 5.56 Å². The van der Waals surface area contributed by atoms with Crippen LogP contribution in [0.5, 0.6) is 11.5 Å². The first kappa shape index (κ1) is 19.4. The lowest BCUT2D eigenvalue weighted by molar-refractivity contribution is 0.0455. The lowest BCUT2D eigenvalue weighted by Crippen LogP contribution is -2.20. The summed E-state index contributed by atoms with van der Waals surface area (Å²) < 4.78 is 18.0. The monoisotopic (exact) mass is 414 g/mol. The molecule has 152 valence electrons. The number of esters is 1. The van der Waals surface area contributed by atoms with Crippen molar-refractivity contribution in [2.75, 3.05) is 19.8 Å². The van der Waals surface area contributed by atoms with Crippen molar-refractivity contribution in [3.8, 4) is 11.5 Å². The Labute approximate surface area is 171 Å². The molecule has 0 bridgehead atoms. The van der Waals surface area contributed by atoms with Crippen LogP contribution in [0.3, 0.4) is 0 Å². The third kappa shape index (κ3) is 3.85. The summed E-state index contributed by atoms with van der Waals surface area (Å²) in [5, 5.41) is 0.526. The molecule has 0 unspecified atom stereocenters. The molecule has 0 amide bonds. The number of thiophene rings is 1. The van der Waals surface area contributed by atoms with Gasteiger partial charge in [0.2, 0.25) is 0 Å². The van der Waals surface area contributed by atoms with Crippen LogP contribution in [-0.4, -0.2) is 35.3 Å². The minimum atomic E-state index is -0.453. The summed E-state index contributed by atoms with van der Waals surface area (Å²) in [6.45, 7) is 5.35. The van der Waals surface area contributed by atoms with Gasteiger partial charge in [0, 0.05) is 13.0 Å². The molecule has 3 aromatic rings. The largest absolute Gasteiger partial charge is 0.494 e. The number of carbonyl (C=O) groups is 1. The van der Waals surface area contributed by atoms with Crippen LogP contribution in [0.2, 0.25) is 0 Å². The van der Waals surface area contributed by atoms with Crippen LogP contribution < -0.4 is 15.0 Å². The number of carbonyl (C=O) groups excluding carboxylic acids is 1. The second-order valence-electron chi connectivity index (χ2n) is 6.71. The molecule has 3 heterocycles. The lowest BCUT2D eigenvalue weighted by Gasteiger charge is -2.08. The molecule has 1 aliphatic rings. The Hall–Kier alpha value is -2.87. The van der Waals surface area contributed by atoms with E-state index in [1.165, 1.54) is 11.3 Å². The fraction of sp³-hybridized carbons (Fsp3) is 0.381. The highest BCUT2D eigenvalue weighted by molar-refractivity contribution is 7.20. The highest BCUT2D eigenvalue weighted by Gasteiger charge is 2.23. The molecule has 0 radical (unpaired) electrons. The van der Waals surface area contributed by atoms with E-state index in [1.54, 1.807) is 23.6 Å². The maximum atomic E-state index is 12.7. The Morgan fingerprint density at radius 1 is 1.17 bits per heavy atom. The van der Waals surface area contributed by atoms with Crippen molar-refractivity contribution in [1.29, 1.82) is 0 Å². The SMILES string of the molecule is CCOc1ccc(OCCOC(=O)c2sc3nc4n(c(=O)c3c2C)CCC4)cc1. The first-order valence-corrected chi connectivity index (χ1v) is 10.5. The highest BCUT2D eigenvalue weighted by Crippen LogP contribution is 2.29. The molecule has 1 aliphatic heterocycles. The summed E-state index contributed by atoms with van der Waals surface area (Å²) in [5.74, 6) is 1.80. The van der Waals surface area contributed by atoms with Crippen molar-refractivity contribution in [3.05, 3.63) is 50.9 Å². The second-order valence-corrected chi connectivity index (χ2v) is 7.71. The van der Waals surface area contributed by atoms with E-state index in [4.69, 9.17) is 14.2 Å². The summed E-state index contributed by atoms with van der Waals surface area (Å²) >= 11 is 1.22. The fourth-order valence-electron chi connectivity index (χ4n) is 3.43. The van der Waals surface area contributed by atoms with Gasteiger partial charge in [-0.1, -0.05) is 0 Å². The number of fused-ring (bicyclic) bond motifs is 2. The first-order chi connectivity index (χ1) is 14.1. The van der Waals surface area contributed by atoms with Crippen molar-refractivity contribution in [2.24, 2.45) is 0 Å². The van der Waals surface area contributed by atoms with E-state index in [9.17, 15) is 9.59 Å². The Bertz CT molecular complexity index is 1100. The Kier molecular flexibility index (Phi) is 5.53. The number of aryl methyl sites for hydroxylation is 2. The van der Waals surface area contributed by atoms with Gasteiger partial charge in [0.15, 0.2) is 0 Å². The van der Waals surface area contributed by atoms with E-state index >= 15 is 0 Å². The van der Waals surface area contributed by atoms with Crippen LogP contribution in [-0.2, 0) is 17.7 Å². The van der Waals surface area contributed by atoms with Crippen molar-refractivity contribution < 1.29 is 19.0 Å². The smallest absolute Gasteiger partial charge is 0.348 e. The minimum absolute atomic E-state index is 0.0610. The zero-order valence-electron chi connectivity index (χ0n) is 16.4. The van der Waals surface area contributed by atoms with E-state index in [1.807, 2.05) is 19.1 Å². The number of ether oxygens (including phenoxy) is 3. The third-order valence-corrected chi connectivity index (χ3v) is 5.98. The van der Waals surface area contributed by atoms with E-state index in [0.29, 0.717) is 39.6 Å². The summed E-state index contributed by atoms with van der Waals surface area (Å²) in [5.41, 5.74) is 0.580. The Morgan fingerprint density at radius 3 is 2.62 bits per heavy atom. The van der Waals surface area contributed by atoms with Gasteiger partial charge in [-0.15, -0.1) is 11.3 Å². The zero-order chi connectivity index (χ0) is 20.4. The van der Waals surface area contributed by atoms with E-state index < -0.39 is 5.97 Å². The molecule has 1 aromatic carbocycles. The van der Waals surface area contributed by atoms with Crippen molar-refractivity contribution in [1.82, 2.24) is 9.55 Å². The van der Waals surface area contributed by atoms with Crippen LogP contribution in [0.1, 0.15) is 34.4 Å². The molecule has 0 spiro atoms. The number of benzene rings is 1. The number of rotatable bonds is 7. The summed E-state index contributed by atoms with van der Waals surface area (Å²) in [6, 6.07) is 7.27. The van der Waals surface area contributed by atoms with E-state index in [2.05, 4.69) is 4.98 Å². The van der Waals surface area contributed by atoms with Gasteiger partial charge in [-0.05, 0) is 50.1 Å². The maximum absolute atomic E-state index is 12.7. The Balaban J connectivity index is 1.39. The molecule has 8 heteroatoms. The molecule has 2 aromatic heterocycles. The van der Waals surface area contributed by atoms with Crippen LogP contribution in [0, 0.1) is 6.92 Å². The first-order valence-electron chi connectivity index (χ1n) is 9.64. The molecule has 29 heavy (non-hydrogen) atoms. The van der Waals surface area contributed by atoms with Gasteiger partial charge in [-0.25, -0.2) is 9.78 Å². The summed E-state index contributed by atoms with van der Waals surface area (Å²) in [4.78, 5) is 30.8. The average molecular weight is 414 g/mol. The number of hydrogen-bond donors (Lipinski definition) is 0. The minimum Gasteiger partial charge on any atom is -0.494 e. The fourth-order valence-corrected chi connectivity index (χ4v) is 4.51. The molecule has 0 saturated heterocycles. The zero-order valence-corrected chi connectivity index (χ0v) is 17.2. The van der Waals surface area contributed by atoms with Crippen molar-refractivity contribution in [3.63, 3.8) is 0 Å². The van der Waals surface area contributed by atoms with Gasteiger partial charge >= 0.3 is 5.97 Å². The quantitative estimate of drug-likeness (QED) is 0.436. The highest BCUT2D eigenvalue weighted by atomic mass is 32.1. The van der Waals surface area contributed by atoms with Crippen molar-refractivity contribution >= 4 is 27.5 Å². The summed E-state index contributed by atoms with van der Waals surface area (Å²) in [7, 11) is 0. The van der Waals surface area contributed by atoms with Gasteiger partial charge in [0.05, 0.1) is 12.0 Å². The molecule has 0 fully saturated rings. The molecule has 0 aliphatic carbocycles. The molecule has 0 saturated carbocycles. The number of aromatic nitrogens is 2. The van der Waals surface area contributed by atoms with Gasteiger partial charge in [-0.3, -0.25) is 9.36 Å². The van der Waals surface area contributed by atoms with Gasteiger partial charge in [-0.2, -0.15) is 0 Å². The van der Waals surface area contributed by atoms with Crippen LogP contribution in [0.4, 0.5) is 0 Å². The van der Waals surface area contributed by atoms with Crippen molar-refractivity contribution in [2.45, 2.75) is 33.2 Å². The van der Waals surface area contributed by atoms with Gasteiger partial charge < -0.3 is 14.2 Å². The van der Waals surface area contributed by atoms with Crippen LogP contribution in [0.25, 0.3) is 10.2 Å². The molecule has 0 N–H and O–H groups in total. The molecular weight excluding hydrogens is 392 g/mol. The molecule has 4 rings (SSSR count). The lowest BCUT2D eigenvalue weighted by atomic mass is 10.2. The number of nitrogens with zero attached hydrogens (tertiary/aromatic N) is 2. The molecular formula is C21H22N2O5S. The standard InChI is InChI=1S/C21H22N2O5S/c1-3-26-14-6-8-15(9-7-14)27-11-12-28-21(25)18-13(2)17-19(29-18)22-16-5-4-10-23(16)20(17)24/h6-9H,3-5,10-12H2,1-2H3. The normalized spacial score (nSPS) is 12.8.